The van der Waals surface area contributed by atoms with Crippen molar-refractivity contribution < 1.29 is 0 Å². The summed E-state index contributed by atoms with van der Waals surface area (Å²) in [6.07, 6.45) is 4.32. The summed E-state index contributed by atoms with van der Waals surface area (Å²) in [5, 5.41) is 5.58. The average molecular weight is 262 g/mol. The maximum absolute atomic E-state index is 4.36. The standard InChI is InChI=1S/C13H18N4S/c1-10(8-17-5-2-3-6-17)16-13-12-11(4-7-18-12)14-9-15-13/h4,7,9-10H,2-3,5-6,8H2,1H3,(H,14,15,16). The largest absolute Gasteiger partial charge is 0.365 e. The lowest BCUT2D eigenvalue weighted by Gasteiger charge is -2.21. The Labute approximate surface area is 111 Å². The quantitative estimate of drug-likeness (QED) is 0.919. The van der Waals surface area contributed by atoms with Crippen LogP contribution in [0.1, 0.15) is 19.8 Å². The molecule has 0 spiro atoms. The van der Waals surface area contributed by atoms with Gasteiger partial charge in [0.25, 0.3) is 0 Å². The third kappa shape index (κ3) is 2.47. The highest BCUT2D eigenvalue weighted by Gasteiger charge is 2.15. The van der Waals surface area contributed by atoms with Gasteiger partial charge in [0.15, 0.2) is 0 Å². The first-order valence-corrected chi connectivity index (χ1v) is 7.38. The molecule has 2 aromatic heterocycles. The van der Waals surface area contributed by atoms with Crippen molar-refractivity contribution in [2.75, 3.05) is 25.0 Å². The lowest BCUT2D eigenvalue weighted by Crippen LogP contribution is -2.33. The normalized spacial score (nSPS) is 18.3. The second-order valence-corrected chi connectivity index (χ2v) is 5.83. The molecule has 0 radical (unpaired) electrons. The zero-order valence-electron chi connectivity index (χ0n) is 10.6. The highest BCUT2D eigenvalue weighted by molar-refractivity contribution is 7.17. The van der Waals surface area contributed by atoms with Crippen LogP contribution in [0.2, 0.25) is 0 Å². The third-order valence-corrected chi connectivity index (χ3v) is 4.27. The summed E-state index contributed by atoms with van der Waals surface area (Å²) in [7, 11) is 0. The monoisotopic (exact) mass is 262 g/mol. The van der Waals surface area contributed by atoms with Crippen LogP contribution in [0.15, 0.2) is 17.8 Å². The van der Waals surface area contributed by atoms with Gasteiger partial charge in [-0.25, -0.2) is 9.97 Å². The average Bonchev–Trinajstić information content (AvgIpc) is 2.99. The maximum atomic E-state index is 4.36. The SMILES string of the molecule is CC(CN1CCCC1)Nc1ncnc2ccsc12. The van der Waals surface area contributed by atoms with E-state index in [2.05, 4.69) is 32.5 Å². The fourth-order valence-electron chi connectivity index (χ4n) is 2.52. The number of hydrogen-bond acceptors (Lipinski definition) is 5. The highest BCUT2D eigenvalue weighted by Crippen LogP contribution is 2.25. The molecular weight excluding hydrogens is 244 g/mol. The van der Waals surface area contributed by atoms with Crippen LogP contribution in [0, 0.1) is 0 Å². The molecule has 1 aliphatic heterocycles. The molecule has 2 aromatic rings. The maximum Gasteiger partial charge on any atom is 0.147 e. The first-order valence-electron chi connectivity index (χ1n) is 6.50. The topological polar surface area (TPSA) is 41.0 Å². The minimum atomic E-state index is 0.420. The van der Waals surface area contributed by atoms with Crippen molar-refractivity contribution in [3.8, 4) is 0 Å². The third-order valence-electron chi connectivity index (χ3n) is 3.36. The van der Waals surface area contributed by atoms with E-state index < -0.39 is 0 Å². The molecule has 18 heavy (non-hydrogen) atoms. The molecule has 1 aliphatic rings. The molecule has 1 fully saturated rings. The Morgan fingerprint density at radius 1 is 1.39 bits per heavy atom. The smallest absolute Gasteiger partial charge is 0.147 e. The Bertz CT molecular complexity index is 518. The number of likely N-dealkylation sites (tertiary alicyclic amines) is 1. The number of anilines is 1. The summed E-state index contributed by atoms with van der Waals surface area (Å²) < 4.78 is 1.16. The summed E-state index contributed by atoms with van der Waals surface area (Å²) in [6, 6.07) is 2.46. The van der Waals surface area contributed by atoms with Crippen molar-refractivity contribution in [1.29, 1.82) is 0 Å². The number of thiophene rings is 1. The Hall–Kier alpha value is -1.20. The molecule has 1 saturated heterocycles. The summed E-state index contributed by atoms with van der Waals surface area (Å²) in [4.78, 5) is 11.1. The molecule has 1 unspecified atom stereocenters. The van der Waals surface area contributed by atoms with E-state index in [9.17, 15) is 0 Å². The van der Waals surface area contributed by atoms with Gasteiger partial charge >= 0.3 is 0 Å². The lowest BCUT2D eigenvalue weighted by atomic mass is 10.3. The van der Waals surface area contributed by atoms with Gasteiger partial charge in [0.05, 0.1) is 10.2 Å². The van der Waals surface area contributed by atoms with Gasteiger partial charge in [0.2, 0.25) is 0 Å². The molecule has 0 amide bonds. The highest BCUT2D eigenvalue weighted by atomic mass is 32.1. The number of aromatic nitrogens is 2. The predicted molar refractivity (Wildman–Crippen MR) is 76.2 cm³/mol. The van der Waals surface area contributed by atoms with Crippen LogP contribution in [0.5, 0.6) is 0 Å². The van der Waals surface area contributed by atoms with Gasteiger partial charge in [0, 0.05) is 12.6 Å². The molecule has 0 aliphatic carbocycles. The molecule has 3 rings (SSSR count). The Morgan fingerprint density at radius 2 is 2.22 bits per heavy atom. The molecule has 3 heterocycles. The number of nitrogens with zero attached hydrogens (tertiary/aromatic N) is 3. The van der Waals surface area contributed by atoms with Crippen LogP contribution in [-0.2, 0) is 0 Å². The van der Waals surface area contributed by atoms with Crippen LogP contribution >= 0.6 is 11.3 Å². The second-order valence-electron chi connectivity index (χ2n) is 4.91. The van der Waals surface area contributed by atoms with Crippen molar-refractivity contribution in [3.05, 3.63) is 17.8 Å². The van der Waals surface area contributed by atoms with Gasteiger partial charge in [0.1, 0.15) is 12.1 Å². The van der Waals surface area contributed by atoms with Gasteiger partial charge in [-0.3, -0.25) is 0 Å². The van der Waals surface area contributed by atoms with Crippen molar-refractivity contribution in [3.63, 3.8) is 0 Å². The van der Waals surface area contributed by atoms with Gasteiger partial charge in [-0.1, -0.05) is 0 Å². The van der Waals surface area contributed by atoms with Crippen LogP contribution < -0.4 is 5.32 Å². The fraction of sp³-hybridized carbons (Fsp3) is 0.538. The molecule has 1 N–H and O–H groups in total. The molecule has 0 saturated carbocycles. The van der Waals surface area contributed by atoms with E-state index in [0.717, 1.165) is 22.6 Å². The molecule has 0 bridgehead atoms. The molecule has 0 aromatic carbocycles. The zero-order valence-corrected chi connectivity index (χ0v) is 11.4. The Morgan fingerprint density at radius 3 is 3.06 bits per heavy atom. The van der Waals surface area contributed by atoms with Crippen molar-refractivity contribution in [2.45, 2.75) is 25.8 Å². The first kappa shape index (κ1) is 11.9. The van der Waals surface area contributed by atoms with Crippen LogP contribution in [0.3, 0.4) is 0 Å². The van der Waals surface area contributed by atoms with Gasteiger partial charge < -0.3 is 10.2 Å². The summed E-state index contributed by atoms with van der Waals surface area (Å²) in [5.41, 5.74) is 1.03. The van der Waals surface area contributed by atoms with Gasteiger partial charge in [-0.15, -0.1) is 11.3 Å². The number of rotatable bonds is 4. The number of nitrogens with one attached hydrogen (secondary N) is 1. The van der Waals surface area contributed by atoms with E-state index in [4.69, 9.17) is 0 Å². The van der Waals surface area contributed by atoms with Crippen LogP contribution in [-0.4, -0.2) is 40.5 Å². The number of hydrogen-bond donors (Lipinski definition) is 1. The molecular formula is C13H18N4S. The van der Waals surface area contributed by atoms with E-state index in [1.54, 1.807) is 17.7 Å². The van der Waals surface area contributed by atoms with E-state index in [0.29, 0.717) is 6.04 Å². The van der Waals surface area contributed by atoms with Gasteiger partial charge in [-0.05, 0) is 44.3 Å². The minimum absolute atomic E-state index is 0.420. The zero-order chi connectivity index (χ0) is 12.4. The molecule has 5 heteroatoms. The second kappa shape index (κ2) is 5.20. The summed E-state index contributed by atoms with van der Waals surface area (Å²) in [6.45, 7) is 5.80. The van der Waals surface area contributed by atoms with Crippen molar-refractivity contribution in [1.82, 2.24) is 14.9 Å². The number of fused-ring (bicyclic) bond motifs is 1. The van der Waals surface area contributed by atoms with E-state index in [1.165, 1.54) is 25.9 Å². The van der Waals surface area contributed by atoms with Crippen molar-refractivity contribution >= 4 is 27.4 Å². The van der Waals surface area contributed by atoms with Crippen LogP contribution in [0.4, 0.5) is 5.82 Å². The Kier molecular flexibility index (Phi) is 3.43. The van der Waals surface area contributed by atoms with Gasteiger partial charge in [-0.2, -0.15) is 0 Å². The predicted octanol–water partition coefficient (Wildman–Crippen LogP) is 2.59. The van der Waals surface area contributed by atoms with Crippen molar-refractivity contribution in [2.24, 2.45) is 0 Å². The molecule has 4 nitrogen and oxygen atoms in total. The van der Waals surface area contributed by atoms with E-state index in [1.807, 2.05) is 6.07 Å². The summed E-state index contributed by atoms with van der Waals surface area (Å²) >= 11 is 1.70. The molecule has 96 valence electrons. The fourth-order valence-corrected chi connectivity index (χ4v) is 3.32. The molecule has 1 atom stereocenters. The summed E-state index contributed by atoms with van der Waals surface area (Å²) in [5.74, 6) is 0.974. The minimum Gasteiger partial charge on any atom is -0.365 e. The Balaban J connectivity index is 1.69. The first-order chi connectivity index (χ1) is 8.83. The van der Waals surface area contributed by atoms with Crippen LogP contribution in [0.25, 0.3) is 10.2 Å². The lowest BCUT2D eigenvalue weighted by molar-refractivity contribution is 0.327. The van der Waals surface area contributed by atoms with E-state index in [-0.39, 0.29) is 0 Å². The van der Waals surface area contributed by atoms with E-state index >= 15 is 0 Å².